The van der Waals surface area contributed by atoms with Crippen LogP contribution >= 0.6 is 0 Å². The molecule has 30 heavy (non-hydrogen) atoms. The van der Waals surface area contributed by atoms with Gasteiger partial charge in [-0.25, -0.2) is 0 Å². The summed E-state index contributed by atoms with van der Waals surface area (Å²) in [5.41, 5.74) is 2.33. The number of hydrogen-bond donors (Lipinski definition) is 0. The number of carbonyl (C=O) groups excluding carboxylic acids is 1. The molecule has 1 amide bonds. The fraction of sp³-hybridized carbons (Fsp3) is 0.455. The lowest BCUT2D eigenvalue weighted by Gasteiger charge is -2.43. The highest BCUT2D eigenvalue weighted by atomic mass is 19.4. The summed E-state index contributed by atoms with van der Waals surface area (Å²) in [6, 6.07) is 8.94. The van der Waals surface area contributed by atoms with Gasteiger partial charge in [0.15, 0.2) is 0 Å². The number of benzene rings is 1. The molecule has 0 radical (unpaired) electrons. The zero-order chi connectivity index (χ0) is 21.0. The molecule has 1 aliphatic carbocycles. The number of aromatic nitrogens is 1. The van der Waals surface area contributed by atoms with Gasteiger partial charge in [-0.1, -0.05) is 12.1 Å². The molecule has 2 aliphatic heterocycles. The molecular formula is C22H21F3N2O3. The van der Waals surface area contributed by atoms with E-state index in [1.807, 2.05) is 4.90 Å². The van der Waals surface area contributed by atoms with Crippen LogP contribution in [0.1, 0.15) is 30.9 Å². The summed E-state index contributed by atoms with van der Waals surface area (Å²) in [7, 11) is 0. The molecule has 2 unspecified atom stereocenters. The summed E-state index contributed by atoms with van der Waals surface area (Å²) in [6.45, 7) is 1.82. The third-order valence-corrected chi connectivity index (χ3v) is 6.23. The first-order valence-corrected chi connectivity index (χ1v) is 10.2. The number of carbonyl (C=O) groups is 1. The quantitative estimate of drug-likeness (QED) is 0.763. The molecule has 5 rings (SSSR count). The van der Waals surface area contributed by atoms with Crippen LogP contribution in [0.3, 0.4) is 0 Å². The van der Waals surface area contributed by atoms with Gasteiger partial charge in [-0.2, -0.15) is 0 Å². The molecular weight excluding hydrogens is 397 g/mol. The minimum absolute atomic E-state index is 0.0372. The van der Waals surface area contributed by atoms with E-state index in [1.54, 1.807) is 22.8 Å². The number of rotatable bonds is 3. The predicted molar refractivity (Wildman–Crippen MR) is 103 cm³/mol. The van der Waals surface area contributed by atoms with Crippen molar-refractivity contribution in [2.75, 3.05) is 13.1 Å². The summed E-state index contributed by atoms with van der Waals surface area (Å²) in [5.74, 6) is 0.367. The van der Waals surface area contributed by atoms with Crippen molar-refractivity contribution in [1.29, 1.82) is 0 Å². The summed E-state index contributed by atoms with van der Waals surface area (Å²) in [4.78, 5) is 27.1. The fourth-order valence-electron chi connectivity index (χ4n) is 4.86. The number of hydrogen-bond acceptors (Lipinski definition) is 3. The van der Waals surface area contributed by atoms with Crippen molar-refractivity contribution in [3.8, 4) is 16.9 Å². The van der Waals surface area contributed by atoms with E-state index < -0.39 is 6.36 Å². The zero-order valence-electron chi connectivity index (χ0n) is 16.2. The highest BCUT2D eigenvalue weighted by Gasteiger charge is 2.41. The second kappa shape index (κ2) is 6.89. The van der Waals surface area contributed by atoms with E-state index in [-0.39, 0.29) is 35.0 Å². The Morgan fingerprint density at radius 3 is 2.40 bits per heavy atom. The van der Waals surface area contributed by atoms with E-state index in [0.717, 1.165) is 36.1 Å². The SMILES string of the molecule is O=C(C1CC1)N1CC2CC(C1)c1c(-c3ccc(OC(F)(F)F)cc3)ccc(=O)n1C2. The van der Waals surface area contributed by atoms with Crippen LogP contribution in [0.25, 0.3) is 11.1 Å². The summed E-state index contributed by atoms with van der Waals surface area (Å²) < 4.78 is 43.1. The molecule has 2 aromatic rings. The molecule has 1 saturated carbocycles. The molecule has 158 valence electrons. The van der Waals surface area contributed by atoms with Gasteiger partial charge in [0, 0.05) is 48.8 Å². The first kappa shape index (κ1) is 19.2. The van der Waals surface area contributed by atoms with E-state index in [2.05, 4.69) is 4.74 Å². The molecule has 2 atom stereocenters. The minimum Gasteiger partial charge on any atom is -0.406 e. The topological polar surface area (TPSA) is 51.5 Å². The normalized spacial score (nSPS) is 23.1. The highest BCUT2D eigenvalue weighted by Crippen LogP contribution is 2.42. The van der Waals surface area contributed by atoms with Crippen LogP contribution in [-0.4, -0.2) is 34.8 Å². The smallest absolute Gasteiger partial charge is 0.406 e. The van der Waals surface area contributed by atoms with Crippen molar-refractivity contribution in [2.24, 2.45) is 11.8 Å². The largest absolute Gasteiger partial charge is 0.573 e. The first-order valence-electron chi connectivity index (χ1n) is 10.2. The Kier molecular flexibility index (Phi) is 4.41. The Hall–Kier alpha value is -2.77. The molecule has 8 heteroatoms. The van der Waals surface area contributed by atoms with Crippen LogP contribution in [0.5, 0.6) is 5.75 Å². The zero-order valence-corrected chi connectivity index (χ0v) is 16.2. The molecule has 0 spiro atoms. The third kappa shape index (κ3) is 3.59. The van der Waals surface area contributed by atoms with Gasteiger partial charge in [0.1, 0.15) is 5.75 Å². The highest BCUT2D eigenvalue weighted by molar-refractivity contribution is 5.81. The van der Waals surface area contributed by atoms with Crippen molar-refractivity contribution in [3.63, 3.8) is 0 Å². The van der Waals surface area contributed by atoms with Gasteiger partial charge in [-0.05, 0) is 48.9 Å². The Balaban J connectivity index is 1.49. The van der Waals surface area contributed by atoms with Crippen molar-refractivity contribution < 1.29 is 22.7 Å². The fourth-order valence-corrected chi connectivity index (χ4v) is 4.86. The number of pyridine rings is 1. The Morgan fingerprint density at radius 1 is 1.00 bits per heavy atom. The number of likely N-dealkylation sites (tertiary alicyclic amines) is 1. The summed E-state index contributed by atoms with van der Waals surface area (Å²) in [6.07, 6.45) is -1.92. The Labute approximate surface area is 171 Å². The standard InChI is InChI=1S/C22H21F3N2O3/c23-22(24,25)30-17-5-3-14(4-6-17)18-7-8-19(28)27-11-13-9-16(20(18)27)12-26(10-13)21(29)15-1-2-15/h3-8,13,15-16H,1-2,9-12H2. The van der Waals surface area contributed by atoms with Crippen molar-refractivity contribution in [3.05, 3.63) is 52.4 Å². The lowest BCUT2D eigenvalue weighted by molar-refractivity contribution is -0.274. The number of piperidine rings is 1. The van der Waals surface area contributed by atoms with Crippen molar-refractivity contribution >= 4 is 5.91 Å². The maximum Gasteiger partial charge on any atom is 0.573 e. The first-order chi connectivity index (χ1) is 14.3. The number of halogens is 3. The second-order valence-corrected chi connectivity index (χ2v) is 8.47. The van der Waals surface area contributed by atoms with E-state index in [4.69, 9.17) is 0 Å². The van der Waals surface area contributed by atoms with Gasteiger partial charge in [0.2, 0.25) is 5.91 Å². The third-order valence-electron chi connectivity index (χ3n) is 6.23. The average Bonchev–Trinajstić information content (AvgIpc) is 3.53. The molecule has 1 aromatic heterocycles. The van der Waals surface area contributed by atoms with Crippen LogP contribution < -0.4 is 10.3 Å². The number of nitrogens with zero attached hydrogens (tertiary/aromatic N) is 2. The van der Waals surface area contributed by atoms with Gasteiger partial charge in [0.05, 0.1) is 0 Å². The van der Waals surface area contributed by atoms with Crippen LogP contribution in [0.4, 0.5) is 13.2 Å². The van der Waals surface area contributed by atoms with Crippen LogP contribution in [0, 0.1) is 11.8 Å². The summed E-state index contributed by atoms with van der Waals surface area (Å²) in [5, 5.41) is 0. The van der Waals surface area contributed by atoms with Crippen LogP contribution in [-0.2, 0) is 11.3 Å². The number of alkyl halides is 3. The molecule has 0 N–H and O–H groups in total. The maximum atomic E-state index is 12.6. The van der Waals surface area contributed by atoms with Gasteiger partial charge >= 0.3 is 6.36 Å². The lowest BCUT2D eigenvalue weighted by Crippen LogP contribution is -2.49. The van der Waals surface area contributed by atoms with Crippen LogP contribution in [0.15, 0.2) is 41.2 Å². The van der Waals surface area contributed by atoms with Crippen molar-refractivity contribution in [1.82, 2.24) is 9.47 Å². The minimum atomic E-state index is -4.74. The molecule has 2 fully saturated rings. The second-order valence-electron chi connectivity index (χ2n) is 8.47. The monoisotopic (exact) mass is 418 g/mol. The van der Waals surface area contributed by atoms with Gasteiger partial charge < -0.3 is 14.2 Å². The number of amides is 1. The average molecular weight is 418 g/mol. The molecule has 3 heterocycles. The van der Waals surface area contributed by atoms with Gasteiger partial charge in [0.25, 0.3) is 5.56 Å². The number of ether oxygens (including phenoxy) is 1. The molecule has 5 nitrogen and oxygen atoms in total. The molecule has 1 aromatic carbocycles. The van der Waals surface area contributed by atoms with Crippen LogP contribution in [0.2, 0.25) is 0 Å². The molecule has 1 saturated heterocycles. The van der Waals surface area contributed by atoms with E-state index >= 15 is 0 Å². The Bertz CT molecular complexity index is 1040. The Morgan fingerprint density at radius 2 is 1.73 bits per heavy atom. The lowest BCUT2D eigenvalue weighted by atomic mass is 9.80. The predicted octanol–water partition coefficient (Wildman–Crippen LogP) is 3.77. The summed E-state index contributed by atoms with van der Waals surface area (Å²) >= 11 is 0. The number of fused-ring (bicyclic) bond motifs is 4. The molecule has 3 aliphatic rings. The van der Waals surface area contributed by atoms with E-state index in [1.165, 1.54) is 18.2 Å². The maximum absolute atomic E-state index is 12.6. The molecule has 2 bridgehead atoms. The van der Waals surface area contributed by atoms with E-state index in [9.17, 15) is 22.8 Å². The van der Waals surface area contributed by atoms with Crippen molar-refractivity contribution in [2.45, 2.75) is 38.1 Å². The van der Waals surface area contributed by atoms with Gasteiger partial charge in [-0.3, -0.25) is 9.59 Å². The van der Waals surface area contributed by atoms with Gasteiger partial charge in [-0.15, -0.1) is 13.2 Å². The van der Waals surface area contributed by atoms with E-state index in [0.29, 0.717) is 19.6 Å².